The molecule has 8 heteroatoms. The number of amides is 1. The second-order valence-electron chi connectivity index (χ2n) is 9.21. The number of hydrogen-bond donors (Lipinski definition) is 0. The number of fused-ring (bicyclic) bond motifs is 2. The Morgan fingerprint density at radius 1 is 1.03 bits per heavy atom. The summed E-state index contributed by atoms with van der Waals surface area (Å²) in [6, 6.07) is 9.87. The summed E-state index contributed by atoms with van der Waals surface area (Å²) in [7, 11) is 1.59. The predicted molar refractivity (Wildman–Crippen MR) is 146 cm³/mol. The van der Waals surface area contributed by atoms with E-state index in [0.717, 1.165) is 37.9 Å². The van der Waals surface area contributed by atoms with Crippen molar-refractivity contribution < 1.29 is 18.7 Å². The lowest BCUT2D eigenvalue weighted by Crippen LogP contribution is -2.37. The van der Waals surface area contributed by atoms with E-state index >= 15 is 0 Å². The van der Waals surface area contributed by atoms with Gasteiger partial charge in [-0.3, -0.25) is 9.59 Å². The van der Waals surface area contributed by atoms with E-state index in [4.69, 9.17) is 25.5 Å². The maximum Gasteiger partial charge on any atom is 0.290 e. The molecule has 2 aromatic carbocycles. The van der Waals surface area contributed by atoms with Crippen LogP contribution in [0.3, 0.4) is 0 Å². The minimum absolute atomic E-state index is 0.0863. The Bertz CT molecular complexity index is 1320. The highest BCUT2D eigenvalue weighted by Gasteiger charge is 2.43. The number of methoxy groups -OCH3 is 1. The van der Waals surface area contributed by atoms with Gasteiger partial charge in [-0.15, -0.1) is 0 Å². The van der Waals surface area contributed by atoms with Gasteiger partial charge < -0.3 is 23.7 Å². The zero-order chi connectivity index (χ0) is 26.5. The fourth-order valence-electron chi connectivity index (χ4n) is 4.87. The first-order valence-corrected chi connectivity index (χ1v) is 13.4. The molecule has 1 aliphatic rings. The minimum Gasteiger partial charge on any atom is -0.493 e. The molecule has 1 atom stereocenters. The van der Waals surface area contributed by atoms with Gasteiger partial charge in [0.05, 0.1) is 30.7 Å². The van der Waals surface area contributed by atoms with E-state index in [9.17, 15) is 9.59 Å². The SMILES string of the molecule is CCCCCOc1ccc(C2c3c(oc4ccc(Cl)cc4c3=O)C(=O)N2CCN(CC)CC)cc1OC. The van der Waals surface area contributed by atoms with Gasteiger partial charge in [0, 0.05) is 18.1 Å². The number of hydrogen-bond acceptors (Lipinski definition) is 6. The largest absolute Gasteiger partial charge is 0.493 e. The molecule has 7 nitrogen and oxygen atoms in total. The number of carbonyl (C=O) groups excluding carboxylic acids is 1. The maximum absolute atomic E-state index is 13.8. The van der Waals surface area contributed by atoms with Crippen LogP contribution < -0.4 is 14.9 Å². The zero-order valence-electron chi connectivity index (χ0n) is 22.0. The number of ether oxygens (including phenoxy) is 2. The first-order valence-electron chi connectivity index (χ1n) is 13.0. The average Bonchev–Trinajstić information content (AvgIpc) is 3.19. The third kappa shape index (κ3) is 5.48. The normalized spacial score (nSPS) is 15.0. The number of halogens is 1. The summed E-state index contributed by atoms with van der Waals surface area (Å²) in [5.41, 5.74) is 1.19. The highest BCUT2D eigenvalue weighted by molar-refractivity contribution is 6.31. The lowest BCUT2D eigenvalue weighted by molar-refractivity contribution is 0.0708. The highest BCUT2D eigenvalue weighted by atomic mass is 35.5. The topological polar surface area (TPSA) is 72.2 Å². The van der Waals surface area contributed by atoms with Gasteiger partial charge in [-0.2, -0.15) is 0 Å². The highest BCUT2D eigenvalue weighted by Crippen LogP contribution is 2.41. The average molecular weight is 527 g/mol. The molecule has 0 saturated carbocycles. The van der Waals surface area contributed by atoms with Crippen LogP contribution in [0.2, 0.25) is 5.02 Å². The third-order valence-corrected chi connectivity index (χ3v) is 7.22. The van der Waals surface area contributed by atoms with Crippen LogP contribution in [-0.4, -0.2) is 55.6 Å². The van der Waals surface area contributed by atoms with Crippen LogP contribution in [0, 0.1) is 0 Å². The van der Waals surface area contributed by atoms with Crippen molar-refractivity contribution in [3.63, 3.8) is 0 Å². The van der Waals surface area contributed by atoms with Crippen molar-refractivity contribution in [3.8, 4) is 11.5 Å². The van der Waals surface area contributed by atoms with Crippen LogP contribution in [0.1, 0.15) is 67.8 Å². The molecule has 0 fully saturated rings. The van der Waals surface area contributed by atoms with Crippen LogP contribution >= 0.6 is 11.6 Å². The smallest absolute Gasteiger partial charge is 0.290 e. The van der Waals surface area contributed by atoms with Gasteiger partial charge in [-0.05, 0) is 55.4 Å². The van der Waals surface area contributed by atoms with Gasteiger partial charge in [0.15, 0.2) is 16.9 Å². The molecule has 0 spiro atoms. The Labute approximate surface area is 222 Å². The standard InChI is InChI=1S/C29H35ClN2O5/c1-5-8-9-16-36-23-12-10-19(17-24(23)35-4)26-25-27(33)21-18-20(30)11-13-22(21)37-28(25)29(34)32(26)15-14-31(6-2)7-3/h10-13,17-18,26H,5-9,14-16H2,1-4H3. The molecule has 37 heavy (non-hydrogen) atoms. The predicted octanol–water partition coefficient (Wildman–Crippen LogP) is 5.91. The first-order chi connectivity index (χ1) is 17.9. The lowest BCUT2D eigenvalue weighted by atomic mass is 9.98. The van der Waals surface area contributed by atoms with Gasteiger partial charge in [0.2, 0.25) is 5.76 Å². The molecule has 1 aromatic heterocycles. The van der Waals surface area contributed by atoms with E-state index in [1.165, 1.54) is 0 Å². The van der Waals surface area contributed by atoms with Crippen LogP contribution in [-0.2, 0) is 0 Å². The molecule has 1 aliphatic heterocycles. The third-order valence-electron chi connectivity index (χ3n) is 6.99. The Kier molecular flexibility index (Phi) is 8.77. The van der Waals surface area contributed by atoms with Crippen molar-refractivity contribution in [2.75, 3.05) is 39.9 Å². The Morgan fingerprint density at radius 2 is 1.81 bits per heavy atom. The molecule has 3 aromatic rings. The van der Waals surface area contributed by atoms with E-state index in [1.807, 2.05) is 18.2 Å². The molecule has 0 radical (unpaired) electrons. The molecule has 0 bridgehead atoms. The first kappa shape index (κ1) is 27.0. The molecule has 0 saturated heterocycles. The van der Waals surface area contributed by atoms with Crippen molar-refractivity contribution >= 4 is 28.5 Å². The second-order valence-corrected chi connectivity index (χ2v) is 9.64. The quantitative estimate of drug-likeness (QED) is 0.273. The summed E-state index contributed by atoms with van der Waals surface area (Å²) in [5.74, 6) is 0.994. The molecule has 4 rings (SSSR count). The molecule has 198 valence electrons. The number of nitrogens with zero attached hydrogens (tertiary/aromatic N) is 2. The number of benzene rings is 2. The van der Waals surface area contributed by atoms with Gasteiger partial charge >= 0.3 is 0 Å². The molecular weight excluding hydrogens is 492 g/mol. The fraction of sp³-hybridized carbons (Fsp3) is 0.448. The van der Waals surface area contributed by atoms with Gasteiger partial charge in [0.25, 0.3) is 5.91 Å². The summed E-state index contributed by atoms with van der Waals surface area (Å²) in [6.07, 6.45) is 3.17. The molecule has 0 aliphatic carbocycles. The van der Waals surface area contributed by atoms with E-state index in [1.54, 1.807) is 30.2 Å². The van der Waals surface area contributed by atoms with Crippen molar-refractivity contribution in [2.45, 2.75) is 46.1 Å². The van der Waals surface area contributed by atoms with Gasteiger partial charge in [0.1, 0.15) is 5.58 Å². The molecule has 1 amide bonds. The van der Waals surface area contributed by atoms with Crippen LogP contribution in [0.4, 0.5) is 0 Å². The monoisotopic (exact) mass is 526 g/mol. The maximum atomic E-state index is 13.8. The summed E-state index contributed by atoms with van der Waals surface area (Å²) >= 11 is 6.19. The van der Waals surface area contributed by atoms with Gasteiger partial charge in [-0.1, -0.05) is 51.3 Å². The molecule has 0 N–H and O–H groups in total. The lowest BCUT2D eigenvalue weighted by Gasteiger charge is -2.28. The van der Waals surface area contributed by atoms with E-state index < -0.39 is 6.04 Å². The van der Waals surface area contributed by atoms with Crippen molar-refractivity contribution in [1.29, 1.82) is 0 Å². The summed E-state index contributed by atoms with van der Waals surface area (Å²) in [6.45, 7) is 9.79. The van der Waals surface area contributed by atoms with Gasteiger partial charge in [-0.25, -0.2) is 0 Å². The number of rotatable bonds is 12. The number of likely N-dealkylation sites (N-methyl/N-ethyl adjacent to an activating group) is 1. The summed E-state index contributed by atoms with van der Waals surface area (Å²) < 4.78 is 17.6. The second kappa shape index (κ2) is 12.0. The molecular formula is C29H35ClN2O5. The summed E-state index contributed by atoms with van der Waals surface area (Å²) in [5, 5.41) is 0.794. The Hall–Kier alpha value is -3.03. The van der Waals surface area contributed by atoms with Crippen LogP contribution in [0.25, 0.3) is 11.0 Å². The number of unbranched alkanes of at least 4 members (excludes halogenated alkanes) is 2. The van der Waals surface area contributed by atoms with Crippen LogP contribution in [0.5, 0.6) is 11.5 Å². The van der Waals surface area contributed by atoms with E-state index in [2.05, 4.69) is 25.7 Å². The van der Waals surface area contributed by atoms with Crippen molar-refractivity contribution in [2.24, 2.45) is 0 Å². The number of carbonyl (C=O) groups is 1. The van der Waals surface area contributed by atoms with E-state index in [0.29, 0.717) is 52.8 Å². The van der Waals surface area contributed by atoms with Crippen LogP contribution in [0.15, 0.2) is 45.6 Å². The molecule has 1 unspecified atom stereocenters. The van der Waals surface area contributed by atoms with Crippen molar-refractivity contribution in [3.05, 3.63) is 68.5 Å². The van der Waals surface area contributed by atoms with Crippen molar-refractivity contribution in [1.82, 2.24) is 9.80 Å². The van der Waals surface area contributed by atoms with E-state index in [-0.39, 0.29) is 17.1 Å². The zero-order valence-corrected chi connectivity index (χ0v) is 22.8. The Balaban J connectivity index is 1.79. The Morgan fingerprint density at radius 3 is 2.51 bits per heavy atom. The molecule has 2 heterocycles. The fourth-order valence-corrected chi connectivity index (χ4v) is 5.04. The minimum atomic E-state index is -0.610. The summed E-state index contributed by atoms with van der Waals surface area (Å²) in [4.78, 5) is 31.4.